The third kappa shape index (κ3) is 4.97. The van der Waals surface area contributed by atoms with E-state index in [9.17, 15) is 9.59 Å². The van der Waals surface area contributed by atoms with Crippen molar-refractivity contribution in [2.75, 3.05) is 33.2 Å². The lowest BCUT2D eigenvalue weighted by molar-refractivity contribution is 0.0955. The van der Waals surface area contributed by atoms with Gasteiger partial charge in [0.2, 0.25) is 0 Å². The van der Waals surface area contributed by atoms with E-state index in [1.165, 1.54) is 0 Å². The standard InChI is InChI=1S/C18H32N6O2/c1-5-23(6-2)10-7-8-13(3)20-18(26)24-11-9-15-14(12-24)16(22-21-15)17(25)19-4/h13H,5-12H2,1-4H3,(H,19,25)(H,20,26)(H,21,22). The second kappa shape index (κ2) is 9.56. The minimum Gasteiger partial charge on any atom is -0.354 e. The van der Waals surface area contributed by atoms with Crippen molar-refractivity contribution in [3.63, 3.8) is 0 Å². The van der Waals surface area contributed by atoms with Crippen LogP contribution in [0.1, 0.15) is 55.4 Å². The first-order valence-electron chi connectivity index (χ1n) is 9.56. The maximum atomic E-state index is 12.6. The molecule has 8 heteroatoms. The highest BCUT2D eigenvalue weighted by molar-refractivity contribution is 5.94. The van der Waals surface area contributed by atoms with Crippen molar-refractivity contribution in [2.24, 2.45) is 0 Å². The quantitative estimate of drug-likeness (QED) is 0.649. The molecule has 1 aliphatic heterocycles. The molecule has 1 aromatic rings. The van der Waals surface area contributed by atoms with E-state index in [2.05, 4.69) is 39.6 Å². The number of nitrogens with zero attached hydrogens (tertiary/aromatic N) is 3. The fourth-order valence-electron chi connectivity index (χ4n) is 3.31. The molecule has 0 saturated heterocycles. The lowest BCUT2D eigenvalue weighted by Crippen LogP contribution is -2.46. The molecule has 0 saturated carbocycles. The van der Waals surface area contributed by atoms with Gasteiger partial charge in [0, 0.05) is 37.3 Å². The molecule has 0 fully saturated rings. The predicted molar refractivity (Wildman–Crippen MR) is 101 cm³/mol. The van der Waals surface area contributed by atoms with E-state index < -0.39 is 0 Å². The summed E-state index contributed by atoms with van der Waals surface area (Å²) in [6.45, 7) is 10.6. The van der Waals surface area contributed by atoms with Gasteiger partial charge in [0.25, 0.3) is 5.91 Å². The number of amides is 3. The summed E-state index contributed by atoms with van der Waals surface area (Å²) < 4.78 is 0. The van der Waals surface area contributed by atoms with E-state index in [1.807, 2.05) is 6.92 Å². The Labute approximate surface area is 155 Å². The second-order valence-electron chi connectivity index (χ2n) is 6.80. The topological polar surface area (TPSA) is 93.4 Å². The summed E-state index contributed by atoms with van der Waals surface area (Å²) in [6, 6.07) is 0.0530. The van der Waals surface area contributed by atoms with Crippen molar-refractivity contribution in [2.45, 2.75) is 52.6 Å². The summed E-state index contributed by atoms with van der Waals surface area (Å²) in [5.41, 5.74) is 2.15. The Bertz CT molecular complexity index is 611. The summed E-state index contributed by atoms with van der Waals surface area (Å²) in [6.07, 6.45) is 2.70. The van der Waals surface area contributed by atoms with Crippen LogP contribution in [0.3, 0.4) is 0 Å². The second-order valence-corrected chi connectivity index (χ2v) is 6.80. The number of urea groups is 1. The zero-order chi connectivity index (χ0) is 19.1. The summed E-state index contributed by atoms with van der Waals surface area (Å²) in [5.74, 6) is -0.227. The van der Waals surface area contributed by atoms with Crippen molar-refractivity contribution in [3.8, 4) is 0 Å². The number of aromatic amines is 1. The van der Waals surface area contributed by atoms with Gasteiger partial charge in [-0.2, -0.15) is 5.10 Å². The van der Waals surface area contributed by atoms with Crippen LogP contribution in [0.4, 0.5) is 4.79 Å². The smallest absolute Gasteiger partial charge is 0.317 e. The number of rotatable bonds is 8. The Morgan fingerprint density at radius 3 is 2.73 bits per heavy atom. The normalized spacial score (nSPS) is 14.9. The molecule has 1 unspecified atom stereocenters. The first-order chi connectivity index (χ1) is 12.5. The summed E-state index contributed by atoms with van der Waals surface area (Å²) in [4.78, 5) is 28.6. The van der Waals surface area contributed by atoms with Gasteiger partial charge in [0.15, 0.2) is 5.69 Å². The van der Waals surface area contributed by atoms with Crippen LogP contribution in [0, 0.1) is 0 Å². The molecule has 2 heterocycles. The Kier molecular flexibility index (Phi) is 7.44. The van der Waals surface area contributed by atoms with Crippen molar-refractivity contribution in [1.82, 2.24) is 30.6 Å². The average Bonchev–Trinajstić information content (AvgIpc) is 3.07. The fraction of sp³-hybridized carbons (Fsp3) is 0.722. The number of carbonyl (C=O) groups is 2. The van der Waals surface area contributed by atoms with Crippen molar-refractivity contribution < 1.29 is 9.59 Å². The monoisotopic (exact) mass is 364 g/mol. The molecule has 0 aliphatic carbocycles. The Balaban J connectivity index is 1.85. The van der Waals surface area contributed by atoms with Crippen LogP contribution in [0.5, 0.6) is 0 Å². The summed E-state index contributed by atoms with van der Waals surface area (Å²) in [5, 5.41) is 12.7. The zero-order valence-corrected chi connectivity index (χ0v) is 16.4. The third-order valence-electron chi connectivity index (χ3n) is 5.04. The number of H-pyrrole nitrogens is 1. The van der Waals surface area contributed by atoms with Gasteiger partial charge < -0.3 is 20.4 Å². The molecule has 1 aliphatic rings. The number of carbonyl (C=O) groups excluding carboxylic acids is 2. The first kappa shape index (κ1) is 20.2. The highest BCUT2D eigenvalue weighted by Crippen LogP contribution is 2.20. The highest BCUT2D eigenvalue weighted by atomic mass is 16.2. The van der Waals surface area contributed by atoms with Gasteiger partial charge in [-0.05, 0) is 39.4 Å². The van der Waals surface area contributed by atoms with Crippen LogP contribution in [0.25, 0.3) is 0 Å². The van der Waals surface area contributed by atoms with Crippen molar-refractivity contribution >= 4 is 11.9 Å². The van der Waals surface area contributed by atoms with E-state index in [0.717, 1.165) is 43.7 Å². The van der Waals surface area contributed by atoms with Crippen LogP contribution in [0.15, 0.2) is 0 Å². The lowest BCUT2D eigenvalue weighted by Gasteiger charge is -2.29. The molecule has 0 bridgehead atoms. The molecule has 146 valence electrons. The number of nitrogens with one attached hydrogen (secondary N) is 3. The summed E-state index contributed by atoms with van der Waals surface area (Å²) in [7, 11) is 1.58. The van der Waals surface area contributed by atoms with E-state index in [1.54, 1.807) is 11.9 Å². The number of aromatic nitrogens is 2. The molecular formula is C18H32N6O2. The average molecular weight is 364 g/mol. The van der Waals surface area contributed by atoms with Crippen LogP contribution in [-0.2, 0) is 13.0 Å². The van der Waals surface area contributed by atoms with Crippen LogP contribution in [-0.4, -0.2) is 71.2 Å². The van der Waals surface area contributed by atoms with Gasteiger partial charge in [-0.1, -0.05) is 13.8 Å². The summed E-state index contributed by atoms with van der Waals surface area (Å²) >= 11 is 0. The Morgan fingerprint density at radius 1 is 1.35 bits per heavy atom. The molecule has 1 atom stereocenters. The Hall–Kier alpha value is -2.09. The first-order valence-corrected chi connectivity index (χ1v) is 9.56. The van der Waals surface area contributed by atoms with Gasteiger partial charge in [-0.15, -0.1) is 0 Å². The molecular weight excluding hydrogens is 332 g/mol. The van der Waals surface area contributed by atoms with Crippen molar-refractivity contribution in [3.05, 3.63) is 17.0 Å². The predicted octanol–water partition coefficient (Wildman–Crippen LogP) is 1.35. The molecule has 8 nitrogen and oxygen atoms in total. The molecule has 26 heavy (non-hydrogen) atoms. The number of hydrogen-bond acceptors (Lipinski definition) is 4. The maximum absolute atomic E-state index is 12.6. The minimum absolute atomic E-state index is 0.0740. The lowest BCUT2D eigenvalue weighted by atomic mass is 10.1. The van der Waals surface area contributed by atoms with Crippen LogP contribution >= 0.6 is 0 Å². The van der Waals surface area contributed by atoms with E-state index >= 15 is 0 Å². The van der Waals surface area contributed by atoms with E-state index in [4.69, 9.17) is 0 Å². The third-order valence-corrected chi connectivity index (χ3v) is 5.04. The molecule has 2 rings (SSSR count). The van der Waals surface area contributed by atoms with Crippen molar-refractivity contribution in [1.29, 1.82) is 0 Å². The van der Waals surface area contributed by atoms with Gasteiger partial charge >= 0.3 is 6.03 Å². The SMILES string of the molecule is CCN(CC)CCCC(C)NC(=O)N1CCc2[nH]nc(C(=O)NC)c2C1. The highest BCUT2D eigenvalue weighted by Gasteiger charge is 2.27. The molecule has 0 spiro atoms. The van der Waals surface area contributed by atoms with Gasteiger partial charge in [-0.25, -0.2) is 4.79 Å². The molecule has 1 aromatic heterocycles. The fourth-order valence-corrected chi connectivity index (χ4v) is 3.31. The molecule has 0 radical (unpaired) electrons. The largest absolute Gasteiger partial charge is 0.354 e. The van der Waals surface area contributed by atoms with Crippen LogP contribution < -0.4 is 10.6 Å². The van der Waals surface area contributed by atoms with Gasteiger partial charge in [0.1, 0.15) is 0 Å². The number of fused-ring (bicyclic) bond motifs is 1. The molecule has 3 amide bonds. The van der Waals surface area contributed by atoms with Gasteiger partial charge in [-0.3, -0.25) is 9.89 Å². The van der Waals surface area contributed by atoms with Gasteiger partial charge in [0.05, 0.1) is 6.54 Å². The molecule has 3 N–H and O–H groups in total. The Morgan fingerprint density at radius 2 is 2.08 bits per heavy atom. The molecule has 0 aromatic carbocycles. The minimum atomic E-state index is -0.227. The van der Waals surface area contributed by atoms with Crippen LogP contribution in [0.2, 0.25) is 0 Å². The number of hydrogen-bond donors (Lipinski definition) is 3. The zero-order valence-electron chi connectivity index (χ0n) is 16.4. The maximum Gasteiger partial charge on any atom is 0.317 e. The van der Waals surface area contributed by atoms with E-state index in [0.29, 0.717) is 25.2 Å². The van der Waals surface area contributed by atoms with E-state index in [-0.39, 0.29) is 18.0 Å².